The summed E-state index contributed by atoms with van der Waals surface area (Å²) in [6.45, 7) is 1.82. The van der Waals surface area contributed by atoms with Crippen LogP contribution < -0.4 is 15.8 Å². The lowest BCUT2D eigenvalue weighted by atomic mass is 10.3. The number of aryl methyl sites for hydroxylation is 1. The van der Waals surface area contributed by atoms with Crippen molar-refractivity contribution in [1.82, 2.24) is 9.97 Å². The van der Waals surface area contributed by atoms with Crippen LogP contribution in [-0.4, -0.2) is 22.5 Å². The molecule has 0 atom stereocenters. The zero-order chi connectivity index (χ0) is 15.5. The molecule has 0 unspecified atom stereocenters. The number of H-pyrrole nitrogens is 1. The van der Waals surface area contributed by atoms with Gasteiger partial charge in [-0.1, -0.05) is 0 Å². The van der Waals surface area contributed by atoms with Crippen molar-refractivity contribution in [3.63, 3.8) is 0 Å². The van der Waals surface area contributed by atoms with E-state index in [1.54, 1.807) is 24.3 Å². The van der Waals surface area contributed by atoms with Gasteiger partial charge in [0, 0.05) is 11.4 Å². The van der Waals surface area contributed by atoms with Gasteiger partial charge in [0.15, 0.2) is 6.61 Å². The Morgan fingerprint density at radius 3 is 2.82 bits per heavy atom. The van der Waals surface area contributed by atoms with Crippen LogP contribution in [-0.2, 0) is 4.79 Å². The van der Waals surface area contributed by atoms with E-state index in [-0.39, 0.29) is 12.5 Å². The molecule has 0 spiro atoms. The smallest absolute Gasteiger partial charge is 0.262 e. The number of fused-ring (bicyclic) bond motifs is 1. The second-order valence-electron chi connectivity index (χ2n) is 4.96. The van der Waals surface area contributed by atoms with Crippen LogP contribution in [0.5, 0.6) is 5.75 Å². The second kappa shape index (κ2) is 5.77. The summed E-state index contributed by atoms with van der Waals surface area (Å²) in [5.41, 5.74) is 8.69. The number of carbonyl (C=O) groups excluding carboxylic acids is 1. The molecule has 1 heterocycles. The summed E-state index contributed by atoms with van der Waals surface area (Å²) in [5, 5.41) is 2.79. The van der Waals surface area contributed by atoms with Crippen molar-refractivity contribution in [2.24, 2.45) is 0 Å². The van der Waals surface area contributed by atoms with E-state index in [0.29, 0.717) is 17.1 Å². The molecule has 2 aromatic carbocycles. The van der Waals surface area contributed by atoms with Crippen molar-refractivity contribution in [2.45, 2.75) is 6.92 Å². The Morgan fingerprint density at radius 2 is 2.05 bits per heavy atom. The molecule has 0 saturated carbocycles. The predicted molar refractivity (Wildman–Crippen MR) is 85.8 cm³/mol. The van der Waals surface area contributed by atoms with E-state index in [2.05, 4.69) is 15.3 Å². The summed E-state index contributed by atoms with van der Waals surface area (Å²) >= 11 is 0. The molecule has 0 aliphatic carbocycles. The minimum Gasteiger partial charge on any atom is -0.484 e. The number of hydrogen-bond acceptors (Lipinski definition) is 4. The SMILES string of the molecule is Cc1nc2ccc(NC(=O)COc3ccc(N)cc3)cc2[nH]1. The molecule has 0 aliphatic heterocycles. The number of anilines is 2. The number of imidazole rings is 1. The summed E-state index contributed by atoms with van der Waals surface area (Å²) in [6.07, 6.45) is 0. The van der Waals surface area contributed by atoms with Crippen molar-refractivity contribution < 1.29 is 9.53 Å². The Hall–Kier alpha value is -3.02. The molecule has 0 radical (unpaired) electrons. The van der Waals surface area contributed by atoms with Crippen molar-refractivity contribution in [3.8, 4) is 5.75 Å². The number of aromatic amines is 1. The number of benzene rings is 2. The highest BCUT2D eigenvalue weighted by atomic mass is 16.5. The van der Waals surface area contributed by atoms with E-state index < -0.39 is 0 Å². The van der Waals surface area contributed by atoms with Gasteiger partial charge in [0.2, 0.25) is 0 Å². The number of nitrogens with zero attached hydrogens (tertiary/aromatic N) is 1. The van der Waals surface area contributed by atoms with Crippen LogP contribution in [0.25, 0.3) is 11.0 Å². The van der Waals surface area contributed by atoms with E-state index in [0.717, 1.165) is 16.9 Å². The maximum Gasteiger partial charge on any atom is 0.262 e. The number of hydrogen-bond donors (Lipinski definition) is 3. The number of aromatic nitrogens is 2. The third-order valence-electron chi connectivity index (χ3n) is 3.13. The lowest BCUT2D eigenvalue weighted by Crippen LogP contribution is -2.20. The van der Waals surface area contributed by atoms with Crippen LogP contribution in [0.3, 0.4) is 0 Å². The van der Waals surface area contributed by atoms with Gasteiger partial charge in [-0.3, -0.25) is 4.79 Å². The fourth-order valence-corrected chi connectivity index (χ4v) is 2.12. The summed E-state index contributed by atoms with van der Waals surface area (Å²) in [6, 6.07) is 12.4. The molecule has 1 amide bonds. The third kappa shape index (κ3) is 3.17. The lowest BCUT2D eigenvalue weighted by molar-refractivity contribution is -0.118. The molecular weight excluding hydrogens is 280 g/mol. The summed E-state index contributed by atoms with van der Waals surface area (Å²) in [7, 11) is 0. The number of nitrogen functional groups attached to an aromatic ring is 1. The van der Waals surface area contributed by atoms with Gasteiger partial charge in [-0.2, -0.15) is 0 Å². The molecule has 0 bridgehead atoms. The van der Waals surface area contributed by atoms with Crippen LogP contribution in [0.15, 0.2) is 42.5 Å². The molecule has 3 aromatic rings. The van der Waals surface area contributed by atoms with E-state index in [4.69, 9.17) is 10.5 Å². The summed E-state index contributed by atoms with van der Waals surface area (Å²) in [4.78, 5) is 19.4. The Balaban J connectivity index is 1.61. The quantitative estimate of drug-likeness (QED) is 0.645. The van der Waals surface area contributed by atoms with Gasteiger partial charge in [0.25, 0.3) is 5.91 Å². The van der Waals surface area contributed by atoms with Crippen LogP contribution in [0.1, 0.15) is 5.82 Å². The average molecular weight is 296 g/mol. The zero-order valence-electron chi connectivity index (χ0n) is 12.1. The van der Waals surface area contributed by atoms with E-state index in [9.17, 15) is 4.79 Å². The van der Waals surface area contributed by atoms with Gasteiger partial charge < -0.3 is 20.8 Å². The molecule has 6 heteroatoms. The Bertz CT molecular complexity index is 809. The van der Waals surface area contributed by atoms with Crippen molar-refractivity contribution in [1.29, 1.82) is 0 Å². The number of amides is 1. The largest absolute Gasteiger partial charge is 0.484 e. The highest BCUT2D eigenvalue weighted by Gasteiger charge is 2.06. The molecule has 3 rings (SSSR count). The van der Waals surface area contributed by atoms with E-state index in [1.165, 1.54) is 0 Å². The third-order valence-corrected chi connectivity index (χ3v) is 3.13. The van der Waals surface area contributed by atoms with Gasteiger partial charge in [-0.15, -0.1) is 0 Å². The minimum absolute atomic E-state index is 0.0655. The first-order valence-electron chi connectivity index (χ1n) is 6.85. The van der Waals surface area contributed by atoms with Gasteiger partial charge in [0.1, 0.15) is 11.6 Å². The molecule has 6 nitrogen and oxygen atoms in total. The van der Waals surface area contributed by atoms with Crippen molar-refractivity contribution >= 4 is 28.3 Å². The normalized spacial score (nSPS) is 10.6. The monoisotopic (exact) mass is 296 g/mol. The molecule has 112 valence electrons. The highest BCUT2D eigenvalue weighted by molar-refractivity contribution is 5.94. The van der Waals surface area contributed by atoms with Crippen LogP contribution in [0, 0.1) is 6.92 Å². The van der Waals surface area contributed by atoms with Crippen LogP contribution >= 0.6 is 0 Å². The number of rotatable bonds is 4. The number of carbonyl (C=O) groups is 1. The maximum atomic E-state index is 11.9. The fraction of sp³-hybridized carbons (Fsp3) is 0.125. The van der Waals surface area contributed by atoms with Gasteiger partial charge in [-0.25, -0.2) is 4.98 Å². The maximum absolute atomic E-state index is 11.9. The van der Waals surface area contributed by atoms with Gasteiger partial charge >= 0.3 is 0 Å². The number of nitrogens with one attached hydrogen (secondary N) is 2. The first-order valence-corrected chi connectivity index (χ1v) is 6.85. The number of ether oxygens (including phenoxy) is 1. The molecule has 0 aliphatic rings. The van der Waals surface area contributed by atoms with Gasteiger partial charge in [-0.05, 0) is 49.4 Å². The standard InChI is InChI=1S/C16H16N4O2/c1-10-18-14-7-4-12(8-15(14)19-10)20-16(21)9-22-13-5-2-11(17)3-6-13/h2-8H,9,17H2,1H3,(H,18,19)(H,20,21). The molecule has 1 aromatic heterocycles. The lowest BCUT2D eigenvalue weighted by Gasteiger charge is -2.07. The predicted octanol–water partition coefficient (Wildman–Crippen LogP) is 2.47. The average Bonchev–Trinajstić information content (AvgIpc) is 2.86. The summed E-state index contributed by atoms with van der Waals surface area (Å²) in [5.74, 6) is 1.21. The first-order chi connectivity index (χ1) is 10.6. The van der Waals surface area contributed by atoms with E-state index >= 15 is 0 Å². The molecule has 0 fully saturated rings. The summed E-state index contributed by atoms with van der Waals surface area (Å²) < 4.78 is 5.40. The zero-order valence-corrected chi connectivity index (χ0v) is 12.1. The Morgan fingerprint density at radius 1 is 1.27 bits per heavy atom. The Kier molecular flexibility index (Phi) is 3.65. The van der Waals surface area contributed by atoms with Crippen molar-refractivity contribution in [3.05, 3.63) is 48.3 Å². The minimum atomic E-state index is -0.229. The Labute approximate surface area is 127 Å². The first kappa shape index (κ1) is 13.9. The molecule has 0 saturated heterocycles. The van der Waals surface area contributed by atoms with Crippen LogP contribution in [0.2, 0.25) is 0 Å². The highest BCUT2D eigenvalue weighted by Crippen LogP contribution is 2.17. The molecule has 22 heavy (non-hydrogen) atoms. The van der Waals surface area contributed by atoms with Crippen molar-refractivity contribution in [2.75, 3.05) is 17.7 Å². The molecular formula is C16H16N4O2. The fourth-order valence-electron chi connectivity index (χ4n) is 2.12. The van der Waals surface area contributed by atoms with Gasteiger partial charge in [0.05, 0.1) is 11.0 Å². The van der Waals surface area contributed by atoms with Crippen LogP contribution in [0.4, 0.5) is 11.4 Å². The number of nitrogens with two attached hydrogens (primary N) is 1. The second-order valence-corrected chi connectivity index (χ2v) is 4.96. The molecule has 4 N–H and O–H groups in total. The van der Waals surface area contributed by atoms with E-state index in [1.807, 2.05) is 25.1 Å². The topological polar surface area (TPSA) is 93.0 Å².